The number of nitrogens with zero attached hydrogens (tertiary/aromatic N) is 2. The number of benzene rings is 1. The SMILES string of the molecule is Cc1[nH]c(C)c(S(=O)(=O)NCc2ccc(F)cc2)c1-c1nc(C2CC2)no1. The Hall–Kier alpha value is -2.52. The van der Waals surface area contributed by atoms with Crippen molar-refractivity contribution in [2.75, 3.05) is 0 Å². The smallest absolute Gasteiger partial charge is 0.261 e. The number of hydrogen-bond donors (Lipinski definition) is 2. The highest BCUT2D eigenvalue weighted by molar-refractivity contribution is 7.89. The summed E-state index contributed by atoms with van der Waals surface area (Å²) in [5, 5.41) is 3.98. The normalized spacial score (nSPS) is 14.6. The molecule has 1 saturated carbocycles. The monoisotopic (exact) mass is 390 g/mol. The molecule has 0 unspecified atom stereocenters. The lowest BCUT2D eigenvalue weighted by atomic mass is 10.2. The third-order valence-corrected chi connectivity index (χ3v) is 6.14. The molecule has 142 valence electrons. The summed E-state index contributed by atoms with van der Waals surface area (Å²) in [6, 6.07) is 5.65. The van der Waals surface area contributed by atoms with Gasteiger partial charge < -0.3 is 9.51 Å². The number of aromatic amines is 1. The van der Waals surface area contributed by atoms with E-state index in [4.69, 9.17) is 4.52 Å². The molecule has 2 N–H and O–H groups in total. The fourth-order valence-electron chi connectivity index (χ4n) is 3.05. The predicted octanol–water partition coefficient (Wildman–Crippen LogP) is 3.18. The summed E-state index contributed by atoms with van der Waals surface area (Å²) in [6.45, 7) is 3.49. The van der Waals surface area contributed by atoms with Crippen LogP contribution in [0.25, 0.3) is 11.5 Å². The Kier molecular flexibility index (Phi) is 4.35. The summed E-state index contributed by atoms with van der Waals surface area (Å²) < 4.78 is 46.8. The van der Waals surface area contributed by atoms with Gasteiger partial charge in [0.1, 0.15) is 10.7 Å². The van der Waals surface area contributed by atoms with Crippen LogP contribution in [0.4, 0.5) is 4.39 Å². The molecular formula is C18H19FN4O3S. The van der Waals surface area contributed by atoms with Crippen LogP contribution < -0.4 is 4.72 Å². The van der Waals surface area contributed by atoms with E-state index in [9.17, 15) is 12.8 Å². The van der Waals surface area contributed by atoms with Gasteiger partial charge in [-0.25, -0.2) is 17.5 Å². The van der Waals surface area contributed by atoms with Crippen molar-refractivity contribution < 1.29 is 17.3 Å². The molecule has 0 saturated heterocycles. The molecule has 0 atom stereocenters. The molecule has 0 bridgehead atoms. The second kappa shape index (κ2) is 6.58. The number of sulfonamides is 1. The van der Waals surface area contributed by atoms with Gasteiger partial charge in [-0.15, -0.1) is 0 Å². The van der Waals surface area contributed by atoms with E-state index in [0.717, 1.165) is 12.8 Å². The van der Waals surface area contributed by atoms with Crippen LogP contribution in [0, 0.1) is 19.7 Å². The highest BCUT2D eigenvalue weighted by Crippen LogP contribution is 2.40. The lowest BCUT2D eigenvalue weighted by Gasteiger charge is -2.08. The largest absolute Gasteiger partial charge is 0.361 e. The summed E-state index contributed by atoms with van der Waals surface area (Å²) in [5.41, 5.74) is 2.17. The van der Waals surface area contributed by atoms with Crippen LogP contribution in [-0.2, 0) is 16.6 Å². The molecule has 3 aromatic rings. The minimum atomic E-state index is -3.86. The fraction of sp³-hybridized carbons (Fsp3) is 0.333. The van der Waals surface area contributed by atoms with Crippen molar-refractivity contribution in [3.63, 3.8) is 0 Å². The van der Waals surface area contributed by atoms with E-state index in [1.165, 1.54) is 24.3 Å². The van der Waals surface area contributed by atoms with Crippen LogP contribution in [0.1, 0.15) is 41.5 Å². The van der Waals surface area contributed by atoms with Crippen LogP contribution >= 0.6 is 0 Å². The quantitative estimate of drug-likeness (QED) is 0.673. The maximum Gasteiger partial charge on any atom is 0.261 e. The number of aromatic nitrogens is 3. The molecule has 4 rings (SSSR count). The van der Waals surface area contributed by atoms with Gasteiger partial charge in [-0.2, -0.15) is 4.98 Å². The van der Waals surface area contributed by atoms with E-state index in [1.54, 1.807) is 13.8 Å². The molecule has 1 aliphatic rings. The van der Waals surface area contributed by atoms with E-state index >= 15 is 0 Å². The molecule has 2 aromatic heterocycles. The van der Waals surface area contributed by atoms with Crippen molar-refractivity contribution in [3.05, 3.63) is 52.9 Å². The zero-order valence-electron chi connectivity index (χ0n) is 14.9. The topological polar surface area (TPSA) is 101 Å². The van der Waals surface area contributed by atoms with Gasteiger partial charge in [0.25, 0.3) is 5.89 Å². The Morgan fingerprint density at radius 3 is 2.59 bits per heavy atom. The Morgan fingerprint density at radius 1 is 1.22 bits per heavy atom. The van der Waals surface area contributed by atoms with Crippen LogP contribution in [0.15, 0.2) is 33.7 Å². The van der Waals surface area contributed by atoms with E-state index in [1.807, 2.05) is 0 Å². The molecule has 0 amide bonds. The second-order valence-corrected chi connectivity index (χ2v) is 8.47. The minimum Gasteiger partial charge on any atom is -0.361 e. The van der Waals surface area contributed by atoms with E-state index in [2.05, 4.69) is 19.8 Å². The van der Waals surface area contributed by atoms with E-state index in [-0.39, 0.29) is 23.1 Å². The van der Waals surface area contributed by atoms with E-state index < -0.39 is 10.0 Å². The van der Waals surface area contributed by atoms with Crippen LogP contribution in [-0.4, -0.2) is 23.5 Å². The van der Waals surface area contributed by atoms with Crippen LogP contribution in [0.2, 0.25) is 0 Å². The van der Waals surface area contributed by atoms with Gasteiger partial charge in [0, 0.05) is 23.9 Å². The summed E-state index contributed by atoms with van der Waals surface area (Å²) in [6.07, 6.45) is 2.04. The van der Waals surface area contributed by atoms with Crippen molar-refractivity contribution in [1.82, 2.24) is 19.8 Å². The highest BCUT2D eigenvalue weighted by Gasteiger charge is 2.32. The first-order valence-corrected chi connectivity index (χ1v) is 10.1. The van der Waals surface area contributed by atoms with Crippen molar-refractivity contribution in [2.45, 2.75) is 44.0 Å². The van der Waals surface area contributed by atoms with Gasteiger partial charge in [-0.3, -0.25) is 0 Å². The summed E-state index contributed by atoms with van der Waals surface area (Å²) in [5.74, 6) is 0.746. The van der Waals surface area contributed by atoms with Gasteiger partial charge in [0.05, 0.1) is 5.56 Å². The average Bonchev–Trinajstić information content (AvgIpc) is 3.27. The second-order valence-electron chi connectivity index (χ2n) is 6.76. The summed E-state index contributed by atoms with van der Waals surface area (Å²) in [7, 11) is -3.86. The maximum absolute atomic E-state index is 13.0. The van der Waals surface area contributed by atoms with Crippen molar-refractivity contribution in [2.24, 2.45) is 0 Å². The first kappa shape index (κ1) is 17.9. The zero-order chi connectivity index (χ0) is 19.2. The number of H-pyrrole nitrogens is 1. The molecule has 0 spiro atoms. The van der Waals surface area contributed by atoms with Crippen LogP contribution in [0.5, 0.6) is 0 Å². The predicted molar refractivity (Wildman–Crippen MR) is 96.0 cm³/mol. The molecule has 0 aliphatic heterocycles. The lowest BCUT2D eigenvalue weighted by molar-refractivity contribution is 0.421. The van der Waals surface area contributed by atoms with Gasteiger partial charge in [0.2, 0.25) is 10.0 Å². The summed E-state index contributed by atoms with van der Waals surface area (Å²) >= 11 is 0. The first-order chi connectivity index (χ1) is 12.8. The first-order valence-electron chi connectivity index (χ1n) is 8.62. The number of rotatable bonds is 6. The third-order valence-electron chi connectivity index (χ3n) is 4.56. The van der Waals surface area contributed by atoms with Crippen molar-refractivity contribution in [3.8, 4) is 11.5 Å². The van der Waals surface area contributed by atoms with Gasteiger partial charge in [0.15, 0.2) is 5.82 Å². The van der Waals surface area contributed by atoms with Gasteiger partial charge in [-0.05, 0) is 44.4 Å². The molecular weight excluding hydrogens is 371 g/mol. The van der Waals surface area contributed by atoms with Crippen molar-refractivity contribution >= 4 is 10.0 Å². The number of hydrogen-bond acceptors (Lipinski definition) is 5. The van der Waals surface area contributed by atoms with Crippen LogP contribution in [0.3, 0.4) is 0 Å². The Labute approximate surface area is 156 Å². The molecule has 0 radical (unpaired) electrons. The Bertz CT molecular complexity index is 1080. The Morgan fingerprint density at radius 2 is 1.93 bits per heavy atom. The van der Waals surface area contributed by atoms with Gasteiger partial charge >= 0.3 is 0 Å². The van der Waals surface area contributed by atoms with E-state index in [0.29, 0.717) is 34.3 Å². The van der Waals surface area contributed by atoms with Gasteiger partial charge in [-0.1, -0.05) is 17.3 Å². The third kappa shape index (κ3) is 3.52. The van der Waals surface area contributed by atoms with Crippen molar-refractivity contribution in [1.29, 1.82) is 0 Å². The number of halogens is 1. The zero-order valence-corrected chi connectivity index (χ0v) is 15.7. The minimum absolute atomic E-state index is 0.0445. The molecule has 1 fully saturated rings. The fourth-order valence-corrected chi connectivity index (χ4v) is 4.51. The standard InChI is InChI=1S/C18H19FN4O3S/c1-10-15(18-22-17(23-26-18)13-5-6-13)16(11(2)21-10)27(24,25)20-9-12-3-7-14(19)8-4-12/h3-4,7-8,13,20-21H,5-6,9H2,1-2H3. The summed E-state index contributed by atoms with van der Waals surface area (Å²) in [4.78, 5) is 7.52. The molecule has 27 heavy (non-hydrogen) atoms. The average molecular weight is 390 g/mol. The molecule has 7 nitrogen and oxygen atoms in total. The molecule has 9 heteroatoms. The lowest BCUT2D eigenvalue weighted by Crippen LogP contribution is -2.24. The maximum atomic E-state index is 13.0. The molecule has 1 aromatic carbocycles. The Balaban J connectivity index is 1.66. The number of nitrogens with one attached hydrogen (secondary N) is 2. The highest BCUT2D eigenvalue weighted by atomic mass is 32.2. The molecule has 1 aliphatic carbocycles. The molecule has 2 heterocycles. The number of aryl methyl sites for hydroxylation is 2.